The van der Waals surface area contributed by atoms with E-state index in [2.05, 4.69) is 115 Å². The van der Waals surface area contributed by atoms with E-state index in [0.29, 0.717) is 17.5 Å². The lowest BCUT2D eigenvalue weighted by molar-refractivity contribution is 1.07. The SMILES string of the molecule is c1ccc(-c2cccc(-c3nc(-c4ccccc4)nc(-c4ccc5c(ccc6ccc7c8ccccc8sc7c65)c4)n3)c2)cc1. The minimum Gasteiger partial charge on any atom is -0.208 e. The molecule has 2 aromatic heterocycles. The second-order valence-electron chi connectivity index (χ2n) is 11.3. The van der Waals surface area contributed by atoms with Gasteiger partial charge in [0.15, 0.2) is 17.5 Å². The van der Waals surface area contributed by atoms with Gasteiger partial charge in [-0.3, -0.25) is 0 Å². The summed E-state index contributed by atoms with van der Waals surface area (Å²) in [4.78, 5) is 15.0. The molecule has 9 aromatic rings. The summed E-state index contributed by atoms with van der Waals surface area (Å²) >= 11 is 1.87. The second kappa shape index (κ2) is 10.5. The van der Waals surface area contributed by atoms with Crippen LogP contribution in [-0.4, -0.2) is 15.0 Å². The highest BCUT2D eigenvalue weighted by atomic mass is 32.1. The van der Waals surface area contributed by atoms with Crippen molar-refractivity contribution in [2.75, 3.05) is 0 Å². The molecule has 0 radical (unpaired) electrons. The van der Waals surface area contributed by atoms with E-state index in [1.165, 1.54) is 41.7 Å². The van der Waals surface area contributed by atoms with Crippen molar-refractivity contribution in [3.8, 4) is 45.3 Å². The summed E-state index contributed by atoms with van der Waals surface area (Å²) in [6.07, 6.45) is 0. The van der Waals surface area contributed by atoms with Crippen LogP contribution >= 0.6 is 11.3 Å². The predicted octanol–water partition coefficient (Wildman–Crippen LogP) is 11.2. The van der Waals surface area contributed by atoms with Crippen molar-refractivity contribution in [1.82, 2.24) is 15.0 Å². The van der Waals surface area contributed by atoms with E-state index in [-0.39, 0.29) is 0 Å². The number of hydrogen-bond acceptors (Lipinski definition) is 4. The second-order valence-corrected chi connectivity index (χ2v) is 12.3. The van der Waals surface area contributed by atoms with E-state index in [4.69, 9.17) is 15.0 Å². The van der Waals surface area contributed by atoms with Gasteiger partial charge < -0.3 is 0 Å². The molecular formula is C41H25N3S. The molecule has 9 rings (SSSR count). The molecule has 0 saturated carbocycles. The van der Waals surface area contributed by atoms with Crippen LogP contribution in [0.15, 0.2) is 152 Å². The average Bonchev–Trinajstić information content (AvgIpc) is 3.51. The van der Waals surface area contributed by atoms with Crippen LogP contribution in [0, 0.1) is 0 Å². The van der Waals surface area contributed by atoms with Crippen molar-refractivity contribution < 1.29 is 0 Å². The summed E-state index contributed by atoms with van der Waals surface area (Å²) in [5.74, 6) is 1.97. The third-order valence-electron chi connectivity index (χ3n) is 8.50. The molecule has 0 aliphatic rings. The number of nitrogens with zero attached hydrogens (tertiary/aromatic N) is 3. The molecule has 0 bridgehead atoms. The molecule has 2 heterocycles. The zero-order valence-corrected chi connectivity index (χ0v) is 25.0. The van der Waals surface area contributed by atoms with Crippen molar-refractivity contribution in [3.63, 3.8) is 0 Å². The fourth-order valence-electron chi connectivity index (χ4n) is 6.29. The van der Waals surface area contributed by atoms with E-state index in [9.17, 15) is 0 Å². The van der Waals surface area contributed by atoms with Crippen molar-refractivity contribution >= 4 is 53.1 Å². The quantitative estimate of drug-likeness (QED) is 0.191. The summed E-state index contributed by atoms with van der Waals surface area (Å²) in [7, 11) is 0. The molecule has 0 saturated heterocycles. The molecule has 0 aliphatic heterocycles. The minimum atomic E-state index is 0.655. The van der Waals surface area contributed by atoms with Gasteiger partial charge >= 0.3 is 0 Å². The standard InChI is InChI=1S/C41H25N3S/c1-3-10-26(11-4-1)29-14-9-15-31(24-29)40-42-39(28-12-5-2-6-13-28)43-41(44-40)32-21-22-33-30(25-32)19-18-27-20-23-35-34-16-7-8-17-36(34)45-38(35)37(27)33/h1-25H. The highest BCUT2D eigenvalue weighted by molar-refractivity contribution is 7.26. The van der Waals surface area contributed by atoms with E-state index in [1.807, 2.05) is 47.7 Å². The molecule has 0 atom stereocenters. The summed E-state index contributed by atoms with van der Waals surface area (Å²) in [6.45, 7) is 0. The maximum atomic E-state index is 5.06. The molecule has 0 fully saturated rings. The monoisotopic (exact) mass is 591 g/mol. The zero-order valence-electron chi connectivity index (χ0n) is 24.2. The van der Waals surface area contributed by atoms with Gasteiger partial charge in [0.05, 0.1) is 0 Å². The number of thiophene rings is 1. The van der Waals surface area contributed by atoms with Crippen molar-refractivity contribution in [1.29, 1.82) is 0 Å². The average molecular weight is 592 g/mol. The molecule has 7 aromatic carbocycles. The Morgan fingerprint density at radius 3 is 1.73 bits per heavy atom. The zero-order chi connectivity index (χ0) is 29.7. The summed E-state index contributed by atoms with van der Waals surface area (Å²) in [5, 5.41) is 7.58. The maximum Gasteiger partial charge on any atom is 0.164 e. The molecule has 4 heteroatoms. The largest absolute Gasteiger partial charge is 0.208 e. The van der Waals surface area contributed by atoms with Crippen LogP contribution in [0.2, 0.25) is 0 Å². The lowest BCUT2D eigenvalue weighted by atomic mass is 9.98. The Kier molecular flexibility index (Phi) is 6.00. The summed E-state index contributed by atoms with van der Waals surface area (Å²) in [5.41, 5.74) is 5.16. The number of aromatic nitrogens is 3. The molecule has 0 amide bonds. The van der Waals surface area contributed by atoms with Gasteiger partial charge in [-0.05, 0) is 45.5 Å². The van der Waals surface area contributed by atoms with E-state index >= 15 is 0 Å². The Balaban J connectivity index is 1.23. The Hall–Kier alpha value is -5.71. The molecule has 3 nitrogen and oxygen atoms in total. The van der Waals surface area contributed by atoms with Gasteiger partial charge in [0, 0.05) is 42.2 Å². The number of fused-ring (bicyclic) bond motifs is 7. The fraction of sp³-hybridized carbons (Fsp3) is 0. The smallest absolute Gasteiger partial charge is 0.164 e. The van der Waals surface area contributed by atoms with Gasteiger partial charge in [0.2, 0.25) is 0 Å². The van der Waals surface area contributed by atoms with Gasteiger partial charge in [-0.1, -0.05) is 133 Å². The predicted molar refractivity (Wildman–Crippen MR) is 189 cm³/mol. The first-order valence-electron chi connectivity index (χ1n) is 15.0. The first-order chi connectivity index (χ1) is 22.3. The number of hydrogen-bond donors (Lipinski definition) is 0. The Morgan fingerprint density at radius 2 is 0.933 bits per heavy atom. The Bertz CT molecular complexity index is 2540. The lowest BCUT2D eigenvalue weighted by Gasteiger charge is -2.11. The molecule has 0 unspecified atom stereocenters. The van der Waals surface area contributed by atoms with Crippen molar-refractivity contribution in [2.45, 2.75) is 0 Å². The van der Waals surface area contributed by atoms with E-state index in [1.54, 1.807) is 0 Å². The van der Waals surface area contributed by atoms with E-state index in [0.717, 1.165) is 27.8 Å². The molecule has 210 valence electrons. The highest BCUT2D eigenvalue weighted by Gasteiger charge is 2.15. The van der Waals surface area contributed by atoms with Gasteiger partial charge in [-0.15, -0.1) is 11.3 Å². The van der Waals surface area contributed by atoms with Crippen LogP contribution in [0.3, 0.4) is 0 Å². The first kappa shape index (κ1) is 25.8. The Morgan fingerprint density at radius 1 is 0.356 bits per heavy atom. The Labute approximate surface area is 264 Å². The van der Waals surface area contributed by atoms with Crippen LogP contribution in [-0.2, 0) is 0 Å². The third-order valence-corrected chi connectivity index (χ3v) is 9.70. The van der Waals surface area contributed by atoms with Crippen LogP contribution in [0.5, 0.6) is 0 Å². The van der Waals surface area contributed by atoms with Crippen LogP contribution in [0.4, 0.5) is 0 Å². The van der Waals surface area contributed by atoms with E-state index < -0.39 is 0 Å². The highest BCUT2D eigenvalue weighted by Crippen LogP contribution is 2.41. The number of rotatable bonds is 4. The maximum absolute atomic E-state index is 5.06. The van der Waals surface area contributed by atoms with Gasteiger partial charge in [0.1, 0.15) is 0 Å². The molecule has 0 N–H and O–H groups in total. The molecule has 0 spiro atoms. The van der Waals surface area contributed by atoms with Crippen molar-refractivity contribution in [2.24, 2.45) is 0 Å². The minimum absolute atomic E-state index is 0.655. The normalized spacial score (nSPS) is 11.6. The molecular weight excluding hydrogens is 567 g/mol. The summed E-state index contributed by atoms with van der Waals surface area (Å²) < 4.78 is 2.65. The van der Waals surface area contributed by atoms with Gasteiger partial charge in [-0.25, -0.2) is 15.0 Å². The van der Waals surface area contributed by atoms with Crippen molar-refractivity contribution in [3.05, 3.63) is 152 Å². The molecule has 45 heavy (non-hydrogen) atoms. The summed E-state index contributed by atoms with van der Waals surface area (Å²) in [6, 6.07) is 53.2. The number of benzene rings is 7. The van der Waals surface area contributed by atoms with Crippen LogP contribution in [0.25, 0.3) is 87.0 Å². The molecule has 0 aliphatic carbocycles. The fourth-order valence-corrected chi connectivity index (χ4v) is 7.56. The lowest BCUT2D eigenvalue weighted by Crippen LogP contribution is -2.00. The van der Waals surface area contributed by atoms with Gasteiger partial charge in [0.25, 0.3) is 0 Å². The van der Waals surface area contributed by atoms with Gasteiger partial charge in [-0.2, -0.15) is 0 Å². The first-order valence-corrected chi connectivity index (χ1v) is 15.8. The third kappa shape index (κ3) is 4.46. The topological polar surface area (TPSA) is 38.7 Å². The van der Waals surface area contributed by atoms with Crippen LogP contribution < -0.4 is 0 Å². The van der Waals surface area contributed by atoms with Crippen LogP contribution in [0.1, 0.15) is 0 Å².